The molecule has 0 bridgehead atoms. The molecule has 0 saturated heterocycles. The molecule has 1 amide bonds. The largest absolute Gasteiger partial charge is 0.330 e. The molecule has 5 heteroatoms. The average molecular weight is 201 g/mol. The third kappa shape index (κ3) is 3.85. The Morgan fingerprint density at radius 1 is 1.43 bits per heavy atom. The second kappa shape index (κ2) is 6.50. The first kappa shape index (κ1) is 13.1. The van der Waals surface area contributed by atoms with Crippen LogP contribution in [0.3, 0.4) is 0 Å². The Morgan fingerprint density at radius 2 is 2.00 bits per heavy atom. The smallest absolute Gasteiger partial charge is 0.220 e. The van der Waals surface area contributed by atoms with Crippen LogP contribution in [-0.2, 0) is 9.59 Å². The topological polar surface area (TPSA) is 75.4 Å². The van der Waals surface area contributed by atoms with Gasteiger partial charge in [0.2, 0.25) is 5.91 Å². The third-order valence-electron chi connectivity index (χ3n) is 2.08. The van der Waals surface area contributed by atoms with E-state index < -0.39 is 6.04 Å². The number of carbonyl (C=O) groups is 2. The number of amides is 1. The molecule has 0 saturated carbocycles. The molecule has 0 aliphatic rings. The number of nitrogens with zero attached hydrogens (tertiary/aromatic N) is 1. The molecular formula is C9H19N3O2. The lowest BCUT2D eigenvalue weighted by Gasteiger charge is -2.28. The Labute approximate surface area is 84.6 Å². The molecule has 0 aliphatic carbocycles. The number of nitrogens with one attached hydrogen (secondary N) is 1. The zero-order valence-corrected chi connectivity index (χ0v) is 9.04. The van der Waals surface area contributed by atoms with Crippen LogP contribution in [-0.4, -0.2) is 49.3 Å². The van der Waals surface area contributed by atoms with Crippen molar-refractivity contribution < 1.29 is 9.59 Å². The minimum absolute atomic E-state index is 0.0706. The number of carbonyl (C=O) groups excluding carboxylic acids is 2. The summed E-state index contributed by atoms with van der Waals surface area (Å²) < 4.78 is 0. The zero-order valence-electron chi connectivity index (χ0n) is 9.04. The molecule has 0 aromatic rings. The summed E-state index contributed by atoms with van der Waals surface area (Å²) in [7, 11) is 1.80. The number of nitrogens with two attached hydrogens (primary N) is 1. The Balaban J connectivity index is 4.44. The minimum Gasteiger partial charge on any atom is -0.330 e. The number of rotatable bonds is 6. The van der Waals surface area contributed by atoms with Crippen LogP contribution < -0.4 is 11.1 Å². The molecule has 0 fully saturated rings. The molecule has 1 unspecified atom stereocenters. The van der Waals surface area contributed by atoms with E-state index in [1.807, 2.05) is 0 Å². The molecule has 0 aromatic carbocycles. The van der Waals surface area contributed by atoms with Crippen LogP contribution in [0.5, 0.6) is 0 Å². The van der Waals surface area contributed by atoms with Crippen LogP contribution in [0.1, 0.15) is 13.8 Å². The standard InChI is InChI=1S/C9H19N3O2/c1-7(13)9(6-10)12(8(2)14)5-4-11-3/h9,11H,4-6,10H2,1-3H3. The van der Waals surface area contributed by atoms with E-state index in [1.54, 1.807) is 7.05 Å². The van der Waals surface area contributed by atoms with Gasteiger partial charge >= 0.3 is 0 Å². The molecule has 0 aromatic heterocycles. The van der Waals surface area contributed by atoms with Crippen molar-refractivity contribution in [3.8, 4) is 0 Å². The van der Waals surface area contributed by atoms with E-state index in [0.717, 1.165) is 0 Å². The summed E-state index contributed by atoms with van der Waals surface area (Å²) >= 11 is 0. The molecule has 0 heterocycles. The summed E-state index contributed by atoms with van der Waals surface area (Å²) in [5, 5.41) is 2.92. The lowest BCUT2D eigenvalue weighted by molar-refractivity contribution is -0.136. The summed E-state index contributed by atoms with van der Waals surface area (Å²) in [6.07, 6.45) is 0. The first-order chi connectivity index (χ1) is 6.54. The number of likely N-dealkylation sites (N-methyl/N-ethyl adjacent to an activating group) is 1. The summed E-state index contributed by atoms with van der Waals surface area (Å²) in [4.78, 5) is 23.9. The zero-order chi connectivity index (χ0) is 11.1. The molecule has 14 heavy (non-hydrogen) atoms. The van der Waals surface area contributed by atoms with E-state index in [4.69, 9.17) is 5.73 Å². The highest BCUT2D eigenvalue weighted by Crippen LogP contribution is 1.99. The van der Waals surface area contributed by atoms with Crippen molar-refractivity contribution in [2.75, 3.05) is 26.7 Å². The predicted molar refractivity (Wildman–Crippen MR) is 54.8 cm³/mol. The van der Waals surface area contributed by atoms with Crippen LogP contribution in [0.25, 0.3) is 0 Å². The van der Waals surface area contributed by atoms with E-state index in [-0.39, 0.29) is 18.2 Å². The van der Waals surface area contributed by atoms with Crippen molar-refractivity contribution in [3.63, 3.8) is 0 Å². The summed E-state index contributed by atoms with van der Waals surface area (Å²) in [5.41, 5.74) is 5.45. The van der Waals surface area contributed by atoms with E-state index >= 15 is 0 Å². The van der Waals surface area contributed by atoms with Gasteiger partial charge in [-0.15, -0.1) is 0 Å². The van der Waals surface area contributed by atoms with Crippen molar-refractivity contribution in [3.05, 3.63) is 0 Å². The molecule has 82 valence electrons. The van der Waals surface area contributed by atoms with Crippen molar-refractivity contribution in [2.24, 2.45) is 5.73 Å². The van der Waals surface area contributed by atoms with Gasteiger partial charge in [-0.05, 0) is 14.0 Å². The Morgan fingerprint density at radius 3 is 2.29 bits per heavy atom. The fourth-order valence-electron chi connectivity index (χ4n) is 1.28. The van der Waals surface area contributed by atoms with Gasteiger partial charge in [-0.3, -0.25) is 9.59 Å². The van der Waals surface area contributed by atoms with Crippen LogP contribution in [0.2, 0.25) is 0 Å². The molecule has 3 N–H and O–H groups in total. The Kier molecular flexibility index (Phi) is 6.07. The van der Waals surface area contributed by atoms with E-state index in [0.29, 0.717) is 13.1 Å². The molecule has 0 radical (unpaired) electrons. The SMILES string of the molecule is CNCCN(C(C)=O)C(CN)C(C)=O. The van der Waals surface area contributed by atoms with Gasteiger partial charge in [-0.2, -0.15) is 0 Å². The van der Waals surface area contributed by atoms with Gasteiger partial charge in [0.15, 0.2) is 5.78 Å². The molecule has 0 aliphatic heterocycles. The maximum Gasteiger partial charge on any atom is 0.220 e. The number of Topliss-reactive ketones (excluding diaryl/α,β-unsaturated/α-hetero) is 1. The van der Waals surface area contributed by atoms with E-state index in [9.17, 15) is 9.59 Å². The minimum atomic E-state index is -0.485. The lowest BCUT2D eigenvalue weighted by Crippen LogP contribution is -2.49. The van der Waals surface area contributed by atoms with Crippen LogP contribution in [0, 0.1) is 0 Å². The van der Waals surface area contributed by atoms with Gasteiger partial charge in [-0.25, -0.2) is 0 Å². The molecule has 0 rings (SSSR count). The highest BCUT2D eigenvalue weighted by Gasteiger charge is 2.22. The highest BCUT2D eigenvalue weighted by atomic mass is 16.2. The van der Waals surface area contributed by atoms with E-state index in [1.165, 1.54) is 18.7 Å². The maximum atomic E-state index is 11.2. The first-order valence-corrected chi connectivity index (χ1v) is 4.67. The van der Waals surface area contributed by atoms with Crippen LogP contribution in [0.4, 0.5) is 0 Å². The summed E-state index contributed by atoms with van der Waals surface area (Å²) in [6, 6.07) is -0.485. The van der Waals surface area contributed by atoms with Crippen LogP contribution >= 0.6 is 0 Å². The Bertz CT molecular complexity index is 206. The second-order valence-electron chi connectivity index (χ2n) is 3.18. The second-order valence-corrected chi connectivity index (χ2v) is 3.18. The predicted octanol–water partition coefficient (Wildman–Crippen LogP) is -1.03. The molecular weight excluding hydrogens is 182 g/mol. The van der Waals surface area contributed by atoms with Crippen molar-refractivity contribution in [2.45, 2.75) is 19.9 Å². The quantitative estimate of drug-likeness (QED) is 0.576. The number of ketones is 1. The van der Waals surface area contributed by atoms with Crippen LogP contribution in [0.15, 0.2) is 0 Å². The summed E-state index contributed by atoms with van der Waals surface area (Å²) in [6.45, 7) is 4.24. The average Bonchev–Trinajstić information content (AvgIpc) is 2.10. The monoisotopic (exact) mass is 201 g/mol. The lowest BCUT2D eigenvalue weighted by atomic mass is 10.1. The molecule has 0 spiro atoms. The van der Waals surface area contributed by atoms with Crippen molar-refractivity contribution in [1.82, 2.24) is 10.2 Å². The fourth-order valence-corrected chi connectivity index (χ4v) is 1.28. The van der Waals surface area contributed by atoms with Gasteiger partial charge in [0.25, 0.3) is 0 Å². The first-order valence-electron chi connectivity index (χ1n) is 4.67. The van der Waals surface area contributed by atoms with Gasteiger partial charge in [-0.1, -0.05) is 0 Å². The molecule has 1 atom stereocenters. The number of hydrogen-bond acceptors (Lipinski definition) is 4. The van der Waals surface area contributed by atoms with Crippen molar-refractivity contribution in [1.29, 1.82) is 0 Å². The van der Waals surface area contributed by atoms with Gasteiger partial charge < -0.3 is 16.0 Å². The summed E-state index contributed by atoms with van der Waals surface area (Å²) in [5.74, 6) is -0.190. The maximum absolute atomic E-state index is 11.2. The fraction of sp³-hybridized carbons (Fsp3) is 0.778. The highest BCUT2D eigenvalue weighted by molar-refractivity contribution is 5.86. The normalized spacial score (nSPS) is 12.3. The molecule has 5 nitrogen and oxygen atoms in total. The van der Waals surface area contributed by atoms with Gasteiger partial charge in [0.05, 0.1) is 0 Å². The van der Waals surface area contributed by atoms with E-state index in [2.05, 4.69) is 5.32 Å². The Hall–Kier alpha value is -0.940. The van der Waals surface area contributed by atoms with Gasteiger partial charge in [0, 0.05) is 26.6 Å². The van der Waals surface area contributed by atoms with Crippen molar-refractivity contribution >= 4 is 11.7 Å². The number of hydrogen-bond donors (Lipinski definition) is 2. The third-order valence-corrected chi connectivity index (χ3v) is 2.08. The van der Waals surface area contributed by atoms with Gasteiger partial charge in [0.1, 0.15) is 6.04 Å².